The first kappa shape index (κ1) is 14.5. The van der Waals surface area contributed by atoms with E-state index in [9.17, 15) is 0 Å². The molecule has 0 spiro atoms. The fraction of sp³-hybridized carbons (Fsp3) is 0.615. The lowest BCUT2D eigenvalue weighted by Crippen LogP contribution is -2.26. The van der Waals surface area contributed by atoms with E-state index in [4.69, 9.17) is 4.74 Å². The van der Waals surface area contributed by atoms with Gasteiger partial charge >= 0.3 is 0 Å². The molecule has 0 bridgehead atoms. The van der Waals surface area contributed by atoms with Crippen molar-refractivity contribution in [1.29, 1.82) is 0 Å². The van der Waals surface area contributed by atoms with Gasteiger partial charge in [-0.2, -0.15) is 20.5 Å². The zero-order chi connectivity index (χ0) is 14.4. The van der Waals surface area contributed by atoms with E-state index in [1.165, 1.54) is 0 Å². The van der Waals surface area contributed by atoms with Crippen molar-refractivity contribution < 1.29 is 4.74 Å². The molecular formula is C13H22N6O. The summed E-state index contributed by atoms with van der Waals surface area (Å²) in [5.74, 6) is 0.773. The third kappa shape index (κ3) is 2.98. The van der Waals surface area contributed by atoms with Crippen molar-refractivity contribution in [1.82, 2.24) is 30.5 Å². The largest absolute Gasteiger partial charge is 0.493 e. The highest BCUT2D eigenvalue weighted by atomic mass is 16.5. The smallest absolute Gasteiger partial charge is 0.161 e. The topological polar surface area (TPSA) is 80.7 Å². The molecule has 0 aromatic carbocycles. The third-order valence-corrected chi connectivity index (χ3v) is 3.10. The van der Waals surface area contributed by atoms with Crippen LogP contribution in [0.25, 0.3) is 0 Å². The van der Waals surface area contributed by atoms with Crippen LogP contribution in [0.4, 0.5) is 0 Å². The van der Waals surface area contributed by atoms with Crippen LogP contribution in [-0.4, -0.2) is 38.8 Å². The van der Waals surface area contributed by atoms with Crippen molar-refractivity contribution in [2.75, 3.05) is 13.7 Å². The predicted molar refractivity (Wildman–Crippen MR) is 75.6 cm³/mol. The Kier molecular flexibility index (Phi) is 5.11. The first-order valence-corrected chi connectivity index (χ1v) is 7.00. The number of hydrogen-bond donors (Lipinski definition) is 2. The highest BCUT2D eigenvalue weighted by Gasteiger charge is 2.24. The molecular weight excluding hydrogens is 256 g/mol. The molecule has 0 saturated carbocycles. The van der Waals surface area contributed by atoms with Gasteiger partial charge in [0.05, 0.1) is 25.5 Å². The predicted octanol–water partition coefficient (Wildman–Crippen LogP) is 1.51. The molecule has 2 N–H and O–H groups in total. The van der Waals surface area contributed by atoms with Gasteiger partial charge in [0.1, 0.15) is 11.4 Å². The standard InChI is InChI=1S/C13H22N6O/c1-4-6-14-12(10-8-15-18-17-10)13-11(20-3)9-16-19(13)7-5-2/h8-9,12,14H,4-7H2,1-3H3,(H,15,17,18). The lowest BCUT2D eigenvalue weighted by atomic mass is 10.1. The molecule has 2 heterocycles. The van der Waals surface area contributed by atoms with Gasteiger partial charge in [0.15, 0.2) is 5.75 Å². The molecule has 2 aromatic heterocycles. The Balaban J connectivity index is 2.38. The minimum absolute atomic E-state index is 0.0716. The van der Waals surface area contributed by atoms with Crippen LogP contribution in [0.2, 0.25) is 0 Å². The number of aromatic amines is 1. The van der Waals surface area contributed by atoms with Crippen LogP contribution in [-0.2, 0) is 6.54 Å². The Morgan fingerprint density at radius 2 is 2.20 bits per heavy atom. The van der Waals surface area contributed by atoms with Crippen LogP contribution < -0.4 is 10.1 Å². The maximum Gasteiger partial charge on any atom is 0.161 e. The minimum Gasteiger partial charge on any atom is -0.493 e. The molecule has 0 aliphatic heterocycles. The molecule has 0 fully saturated rings. The molecule has 0 aliphatic carbocycles. The number of rotatable bonds is 8. The van der Waals surface area contributed by atoms with Crippen LogP contribution in [0.15, 0.2) is 12.4 Å². The van der Waals surface area contributed by atoms with Crippen molar-refractivity contribution in [2.24, 2.45) is 0 Å². The molecule has 7 nitrogen and oxygen atoms in total. The average Bonchev–Trinajstić information content (AvgIpc) is 3.10. The summed E-state index contributed by atoms with van der Waals surface area (Å²) < 4.78 is 7.42. The van der Waals surface area contributed by atoms with Crippen molar-refractivity contribution in [3.63, 3.8) is 0 Å². The summed E-state index contributed by atoms with van der Waals surface area (Å²) in [6.45, 7) is 5.99. The highest BCUT2D eigenvalue weighted by Crippen LogP contribution is 2.29. The summed E-state index contributed by atoms with van der Waals surface area (Å²) in [7, 11) is 1.66. The van der Waals surface area contributed by atoms with Gasteiger partial charge in [-0.05, 0) is 19.4 Å². The van der Waals surface area contributed by atoms with Crippen molar-refractivity contribution >= 4 is 0 Å². The first-order chi connectivity index (χ1) is 9.81. The third-order valence-electron chi connectivity index (χ3n) is 3.10. The number of nitrogens with zero attached hydrogens (tertiary/aromatic N) is 4. The number of methoxy groups -OCH3 is 1. The summed E-state index contributed by atoms with van der Waals surface area (Å²) in [5.41, 5.74) is 1.84. The fourth-order valence-corrected chi connectivity index (χ4v) is 2.20. The zero-order valence-electron chi connectivity index (χ0n) is 12.3. The Morgan fingerprint density at radius 3 is 2.80 bits per heavy atom. The lowest BCUT2D eigenvalue weighted by molar-refractivity contribution is 0.396. The molecule has 110 valence electrons. The van der Waals surface area contributed by atoms with Crippen LogP contribution in [0.5, 0.6) is 5.75 Å². The number of nitrogens with one attached hydrogen (secondary N) is 2. The van der Waals surface area contributed by atoms with Gasteiger partial charge in [0.25, 0.3) is 0 Å². The molecule has 0 amide bonds. The Hall–Kier alpha value is -1.89. The van der Waals surface area contributed by atoms with Crippen LogP contribution >= 0.6 is 0 Å². The maximum absolute atomic E-state index is 5.45. The molecule has 0 saturated heterocycles. The van der Waals surface area contributed by atoms with Gasteiger partial charge in [0.2, 0.25) is 0 Å². The second kappa shape index (κ2) is 7.04. The molecule has 2 aromatic rings. The second-order valence-electron chi connectivity index (χ2n) is 4.60. The van der Waals surface area contributed by atoms with Crippen molar-refractivity contribution in [3.8, 4) is 5.75 Å². The van der Waals surface area contributed by atoms with E-state index in [-0.39, 0.29) is 6.04 Å². The zero-order valence-corrected chi connectivity index (χ0v) is 12.3. The van der Waals surface area contributed by atoms with E-state index in [1.807, 2.05) is 4.68 Å². The molecule has 0 aliphatic rings. The van der Waals surface area contributed by atoms with E-state index in [1.54, 1.807) is 19.5 Å². The lowest BCUT2D eigenvalue weighted by Gasteiger charge is -2.19. The van der Waals surface area contributed by atoms with Gasteiger partial charge in [-0.3, -0.25) is 4.68 Å². The number of hydrogen-bond acceptors (Lipinski definition) is 5. The van der Waals surface area contributed by atoms with Gasteiger partial charge in [-0.15, -0.1) is 0 Å². The number of ether oxygens (including phenoxy) is 1. The first-order valence-electron chi connectivity index (χ1n) is 7.00. The van der Waals surface area contributed by atoms with Gasteiger partial charge < -0.3 is 10.1 Å². The van der Waals surface area contributed by atoms with Crippen molar-refractivity contribution in [3.05, 3.63) is 23.8 Å². The fourth-order valence-electron chi connectivity index (χ4n) is 2.20. The van der Waals surface area contributed by atoms with E-state index < -0.39 is 0 Å². The molecule has 2 rings (SSSR count). The normalized spacial score (nSPS) is 12.6. The summed E-state index contributed by atoms with van der Waals surface area (Å²) >= 11 is 0. The Morgan fingerprint density at radius 1 is 1.35 bits per heavy atom. The average molecular weight is 278 g/mol. The van der Waals surface area contributed by atoms with E-state index in [0.29, 0.717) is 0 Å². The molecule has 1 unspecified atom stereocenters. The molecule has 1 atom stereocenters. The van der Waals surface area contributed by atoms with Crippen LogP contribution in [0, 0.1) is 0 Å². The SMILES string of the molecule is CCCNC(c1cn[nH]n1)c1c(OC)cnn1CCC. The monoisotopic (exact) mass is 278 g/mol. The number of aryl methyl sites for hydroxylation is 1. The molecule has 7 heteroatoms. The van der Waals surface area contributed by atoms with Gasteiger partial charge in [-0.1, -0.05) is 13.8 Å². The summed E-state index contributed by atoms with van der Waals surface area (Å²) in [5, 5.41) is 18.7. The van der Waals surface area contributed by atoms with Gasteiger partial charge in [-0.25, -0.2) is 0 Å². The summed E-state index contributed by atoms with van der Waals surface area (Å²) in [4.78, 5) is 0. The second-order valence-corrected chi connectivity index (χ2v) is 4.60. The van der Waals surface area contributed by atoms with Crippen LogP contribution in [0.3, 0.4) is 0 Å². The Labute approximate surface area is 118 Å². The van der Waals surface area contributed by atoms with E-state index >= 15 is 0 Å². The highest BCUT2D eigenvalue weighted by molar-refractivity contribution is 5.33. The number of H-pyrrole nitrogens is 1. The van der Waals surface area contributed by atoms with Crippen molar-refractivity contribution in [2.45, 2.75) is 39.3 Å². The van der Waals surface area contributed by atoms with Gasteiger partial charge in [0, 0.05) is 6.54 Å². The summed E-state index contributed by atoms with van der Waals surface area (Å²) in [6, 6.07) is -0.0716. The maximum atomic E-state index is 5.45. The summed E-state index contributed by atoms with van der Waals surface area (Å²) in [6.07, 6.45) is 5.54. The molecule has 0 radical (unpaired) electrons. The van der Waals surface area contributed by atoms with Crippen LogP contribution in [0.1, 0.15) is 44.1 Å². The quantitative estimate of drug-likeness (QED) is 0.765. The Bertz CT molecular complexity index is 507. The minimum atomic E-state index is -0.0716. The number of aromatic nitrogens is 5. The molecule has 20 heavy (non-hydrogen) atoms. The van der Waals surface area contributed by atoms with E-state index in [2.05, 4.69) is 39.7 Å². The van der Waals surface area contributed by atoms with E-state index in [0.717, 1.165) is 43.1 Å².